The molecule has 2 N–H and O–H groups in total. The van der Waals surface area contributed by atoms with Gasteiger partial charge in [0.05, 0.1) is 12.1 Å². The normalized spacial score (nSPS) is 17.2. The molecule has 0 saturated heterocycles. The molecule has 0 unspecified atom stereocenters. The molecule has 8 nitrogen and oxygen atoms in total. The van der Waals surface area contributed by atoms with Crippen molar-refractivity contribution in [2.45, 2.75) is 32.1 Å². The summed E-state index contributed by atoms with van der Waals surface area (Å²) >= 11 is 0. The number of nitrogens with zero attached hydrogens (tertiary/aromatic N) is 5. The number of ether oxygens (including phenoxy) is 2. The maximum Gasteiger partial charge on any atom is 0.586 e. The van der Waals surface area contributed by atoms with Crippen molar-refractivity contribution in [2.75, 3.05) is 5.73 Å². The van der Waals surface area contributed by atoms with E-state index in [1.54, 1.807) is 0 Å². The van der Waals surface area contributed by atoms with Crippen LogP contribution in [0.3, 0.4) is 0 Å². The average Bonchev–Trinajstić information content (AvgIpc) is 3.40. The zero-order valence-electron chi connectivity index (χ0n) is 16.5. The fourth-order valence-corrected chi connectivity index (χ4v) is 4.16. The summed E-state index contributed by atoms with van der Waals surface area (Å²) < 4.78 is 76.3. The second-order valence-corrected chi connectivity index (χ2v) is 7.82. The van der Waals surface area contributed by atoms with Gasteiger partial charge < -0.3 is 15.2 Å². The van der Waals surface area contributed by atoms with Crippen molar-refractivity contribution >= 4 is 22.5 Å². The van der Waals surface area contributed by atoms with Crippen molar-refractivity contribution in [2.24, 2.45) is 0 Å². The van der Waals surface area contributed by atoms with Gasteiger partial charge in [0.2, 0.25) is 5.95 Å². The van der Waals surface area contributed by atoms with Gasteiger partial charge in [-0.1, -0.05) is 6.07 Å². The number of benzene rings is 2. The highest BCUT2D eigenvalue weighted by atomic mass is 19.4. The lowest BCUT2D eigenvalue weighted by molar-refractivity contribution is -0.286. The summed E-state index contributed by atoms with van der Waals surface area (Å²) in [5.41, 5.74) is 7.02. The third kappa shape index (κ3) is 3.18. The number of alkyl halides is 5. The maximum absolute atomic E-state index is 13.5. The molecule has 2 aromatic carbocycles. The fourth-order valence-electron chi connectivity index (χ4n) is 4.16. The van der Waals surface area contributed by atoms with Crippen molar-refractivity contribution in [3.8, 4) is 11.5 Å². The molecule has 0 amide bonds. The summed E-state index contributed by atoms with van der Waals surface area (Å²) in [7, 11) is 0. The molecule has 0 bridgehead atoms. The second-order valence-electron chi connectivity index (χ2n) is 7.82. The molecule has 0 spiro atoms. The lowest BCUT2D eigenvalue weighted by Gasteiger charge is -2.11. The third-order valence-corrected chi connectivity index (χ3v) is 5.57. The fraction of sp³-hybridized carbons (Fsp3) is 0.250. The number of hydrogen-bond acceptors (Lipinski definition) is 7. The van der Waals surface area contributed by atoms with Crippen LogP contribution < -0.4 is 15.2 Å². The van der Waals surface area contributed by atoms with Crippen LogP contribution in [0, 0.1) is 0 Å². The van der Waals surface area contributed by atoms with E-state index in [1.807, 2.05) is 4.90 Å². The Labute approximate surface area is 181 Å². The summed E-state index contributed by atoms with van der Waals surface area (Å²) in [5, 5.41) is 4.72. The van der Waals surface area contributed by atoms with Gasteiger partial charge in [0.15, 0.2) is 23.0 Å². The molecule has 4 aromatic rings. The molecule has 0 saturated carbocycles. The molecule has 0 aliphatic carbocycles. The standard InChI is InChI=1S/C20H13F5N6O2/c21-19(22,23)11-2-1-9-6-30(7-10(9)5-11)8-14-27-17-12-3-4-13-16(33-20(24,25)32-13)15(12)28-18(26)31(17)29-14/h1-5H,6-8H2,(H2,26,28). The van der Waals surface area contributed by atoms with E-state index in [4.69, 9.17) is 5.73 Å². The van der Waals surface area contributed by atoms with Crippen molar-refractivity contribution in [3.05, 3.63) is 52.8 Å². The molecule has 6 rings (SSSR count). The Hall–Kier alpha value is -3.74. The Kier molecular flexibility index (Phi) is 3.86. The first-order chi connectivity index (χ1) is 15.6. The SMILES string of the molecule is Nc1nc2c3c(ccc2c2nc(CN4Cc5ccc(C(F)(F)F)cc5C4)nn12)OC(F)(F)O3. The number of anilines is 1. The van der Waals surface area contributed by atoms with Gasteiger partial charge in [-0.2, -0.15) is 17.7 Å². The van der Waals surface area contributed by atoms with Crippen molar-refractivity contribution in [1.82, 2.24) is 24.5 Å². The van der Waals surface area contributed by atoms with Crippen LogP contribution in [0.5, 0.6) is 11.5 Å². The molecule has 4 heterocycles. The zero-order valence-corrected chi connectivity index (χ0v) is 16.5. The first-order valence-corrected chi connectivity index (χ1v) is 9.72. The molecule has 2 aliphatic rings. The van der Waals surface area contributed by atoms with Crippen LogP contribution in [0.15, 0.2) is 30.3 Å². The molecule has 2 aromatic heterocycles. The highest BCUT2D eigenvalue weighted by Gasteiger charge is 2.45. The van der Waals surface area contributed by atoms with Gasteiger partial charge >= 0.3 is 12.5 Å². The summed E-state index contributed by atoms with van der Waals surface area (Å²) in [5.74, 6) is -0.158. The van der Waals surface area contributed by atoms with E-state index in [0.717, 1.165) is 17.7 Å². The minimum atomic E-state index is -4.41. The maximum atomic E-state index is 13.5. The van der Waals surface area contributed by atoms with Crippen LogP contribution in [0.25, 0.3) is 16.6 Å². The quantitative estimate of drug-likeness (QED) is 0.452. The average molecular weight is 464 g/mol. The highest BCUT2D eigenvalue weighted by molar-refractivity contribution is 5.97. The second kappa shape index (κ2) is 6.41. The smallest absolute Gasteiger partial charge is 0.395 e. The van der Waals surface area contributed by atoms with E-state index in [-0.39, 0.29) is 35.2 Å². The summed E-state index contributed by atoms with van der Waals surface area (Å²) in [6, 6.07) is 6.52. The summed E-state index contributed by atoms with van der Waals surface area (Å²) in [6.45, 7) is 0.976. The Bertz CT molecular complexity index is 1450. The number of nitrogen functional groups attached to an aromatic ring is 1. The van der Waals surface area contributed by atoms with Gasteiger partial charge in [-0.15, -0.1) is 13.9 Å². The van der Waals surface area contributed by atoms with Crippen LogP contribution in [-0.4, -0.2) is 30.8 Å². The lowest BCUT2D eigenvalue weighted by Crippen LogP contribution is -2.26. The van der Waals surface area contributed by atoms with Crippen molar-refractivity contribution in [1.29, 1.82) is 0 Å². The molecule has 0 atom stereocenters. The van der Waals surface area contributed by atoms with E-state index in [9.17, 15) is 22.0 Å². The molecule has 0 radical (unpaired) electrons. The summed E-state index contributed by atoms with van der Waals surface area (Å²) in [4.78, 5) is 10.5. The topological polar surface area (TPSA) is 90.8 Å². The van der Waals surface area contributed by atoms with Crippen LogP contribution >= 0.6 is 0 Å². The van der Waals surface area contributed by atoms with Crippen LogP contribution in [0.4, 0.5) is 27.9 Å². The van der Waals surface area contributed by atoms with Crippen molar-refractivity contribution in [3.63, 3.8) is 0 Å². The Balaban J connectivity index is 1.33. The van der Waals surface area contributed by atoms with Gasteiger partial charge in [-0.05, 0) is 35.4 Å². The van der Waals surface area contributed by atoms with E-state index in [1.165, 1.54) is 22.7 Å². The Morgan fingerprint density at radius 3 is 2.61 bits per heavy atom. The van der Waals surface area contributed by atoms with Crippen LogP contribution in [0.1, 0.15) is 22.5 Å². The molecular formula is C20H13F5N6O2. The lowest BCUT2D eigenvalue weighted by atomic mass is 10.1. The Morgan fingerprint density at radius 1 is 1.03 bits per heavy atom. The predicted octanol–water partition coefficient (Wildman–Crippen LogP) is 3.72. The molecule has 170 valence electrons. The monoisotopic (exact) mass is 464 g/mol. The summed E-state index contributed by atoms with van der Waals surface area (Å²) in [6.07, 6.45) is -8.22. The third-order valence-electron chi connectivity index (χ3n) is 5.57. The molecule has 2 aliphatic heterocycles. The largest absolute Gasteiger partial charge is 0.586 e. The van der Waals surface area contributed by atoms with E-state index in [0.29, 0.717) is 29.9 Å². The number of rotatable bonds is 2. The van der Waals surface area contributed by atoms with E-state index < -0.39 is 18.0 Å². The van der Waals surface area contributed by atoms with Gasteiger partial charge in [-0.3, -0.25) is 4.90 Å². The molecule has 33 heavy (non-hydrogen) atoms. The molecule has 0 fully saturated rings. The molecular weight excluding hydrogens is 451 g/mol. The van der Waals surface area contributed by atoms with Gasteiger partial charge in [0.25, 0.3) is 0 Å². The molecule has 13 heteroatoms. The first-order valence-electron chi connectivity index (χ1n) is 9.72. The number of hydrogen-bond donors (Lipinski definition) is 1. The zero-order chi connectivity index (χ0) is 23.1. The highest BCUT2D eigenvalue weighted by Crippen LogP contribution is 2.45. The number of fused-ring (bicyclic) bond motifs is 6. The van der Waals surface area contributed by atoms with Crippen molar-refractivity contribution < 1.29 is 31.4 Å². The predicted molar refractivity (Wildman–Crippen MR) is 103 cm³/mol. The van der Waals surface area contributed by atoms with Crippen LogP contribution in [-0.2, 0) is 25.8 Å². The Morgan fingerprint density at radius 2 is 1.82 bits per heavy atom. The minimum absolute atomic E-state index is 0.0573. The number of aromatic nitrogens is 4. The van der Waals surface area contributed by atoms with Crippen LogP contribution in [0.2, 0.25) is 0 Å². The van der Waals surface area contributed by atoms with Gasteiger partial charge in [0, 0.05) is 18.5 Å². The minimum Gasteiger partial charge on any atom is -0.395 e. The first kappa shape index (κ1) is 19.9. The van der Waals surface area contributed by atoms with E-state index >= 15 is 0 Å². The van der Waals surface area contributed by atoms with E-state index in [2.05, 4.69) is 24.5 Å². The van der Waals surface area contributed by atoms with Gasteiger partial charge in [-0.25, -0.2) is 9.97 Å². The number of nitrogens with two attached hydrogens (primary N) is 1. The van der Waals surface area contributed by atoms with Gasteiger partial charge in [0.1, 0.15) is 5.52 Å². The number of halogens is 5.